The third kappa shape index (κ3) is 13.4. The number of rotatable bonds is 16. The van der Waals surface area contributed by atoms with Crippen LogP contribution in [0.3, 0.4) is 0 Å². The van der Waals surface area contributed by atoms with Crippen molar-refractivity contribution in [3.63, 3.8) is 0 Å². The first-order valence-corrected chi connectivity index (χ1v) is 26.3. The second-order valence-corrected chi connectivity index (χ2v) is 21.6. The van der Waals surface area contributed by atoms with Gasteiger partial charge in [0.15, 0.2) is 25.2 Å². The van der Waals surface area contributed by atoms with Crippen LogP contribution in [-0.4, -0.2) is 291 Å². The summed E-state index contributed by atoms with van der Waals surface area (Å²) in [6.45, 7) is -2.87. The standard InChI is InChI=1S/C48H78O28/c49-13-27-32(56)36(60)40(64)45(72-27)68-20-5-1-17(2-6-20)3-8-31(55)67-16-30-35(59)39(63)44(76-47-42(66)38(62)34(58)29(15-51)74-47)48(75-30)71-26-12-21-24(69-43(26)18-4-7-22(53)23(54)9-18)10-19(52)11-25(21)70-46-41(65)37(61)33(57)28(14-50)73-46/h3,8,17-30,32-54,56-66H,1-2,4-7,9-16H2/t17?,18?,19?,20?,21?,22?,23?,24?,25?,26?,27-,28-,29-,30-,32-,33-,34-,35-,36+,37+,38+,39+,40-,41-,42-,43?,44-,45-,46-,47+,48-/m1/s1. The summed E-state index contributed by atoms with van der Waals surface area (Å²) >= 11 is 0. The van der Waals surface area contributed by atoms with Gasteiger partial charge in [-0.05, 0) is 69.6 Å². The molecule has 438 valence electrons. The van der Waals surface area contributed by atoms with E-state index in [0.29, 0.717) is 32.1 Å². The molecule has 0 radical (unpaired) electrons. The number of hydrogen-bond donors (Lipinski definition) is 17. The van der Waals surface area contributed by atoms with Gasteiger partial charge in [-0.25, -0.2) is 4.79 Å². The summed E-state index contributed by atoms with van der Waals surface area (Å²) < 4.78 is 60.0. The van der Waals surface area contributed by atoms with Crippen LogP contribution in [0.4, 0.5) is 0 Å². The van der Waals surface area contributed by atoms with E-state index in [9.17, 15) is 91.6 Å². The first-order valence-electron chi connectivity index (χ1n) is 26.3. The zero-order valence-electron chi connectivity index (χ0n) is 41.5. The van der Waals surface area contributed by atoms with Gasteiger partial charge in [-0.3, -0.25) is 0 Å². The topological polar surface area (TPSA) is 453 Å². The van der Waals surface area contributed by atoms with Gasteiger partial charge in [-0.15, -0.1) is 0 Å². The Bertz CT molecular complexity index is 1840. The molecule has 3 aliphatic carbocycles. The second kappa shape index (κ2) is 26.4. The summed E-state index contributed by atoms with van der Waals surface area (Å²) in [5.41, 5.74) is 0. The van der Waals surface area contributed by atoms with Crippen molar-refractivity contribution in [3.05, 3.63) is 12.2 Å². The fraction of sp³-hybridized carbons (Fsp3) is 0.938. The Labute approximate surface area is 436 Å². The first kappa shape index (κ1) is 60.3. The van der Waals surface area contributed by atoms with E-state index < -0.39 is 216 Å². The van der Waals surface area contributed by atoms with Crippen LogP contribution in [0.1, 0.15) is 64.2 Å². The minimum atomic E-state index is -2.00. The van der Waals surface area contributed by atoms with Crippen LogP contribution in [0.5, 0.6) is 0 Å². The Kier molecular flexibility index (Phi) is 20.9. The largest absolute Gasteiger partial charge is 0.460 e. The molecule has 5 aliphatic heterocycles. The Hall–Kier alpha value is -1.83. The Morgan fingerprint density at radius 2 is 0.974 bits per heavy atom. The van der Waals surface area contributed by atoms with E-state index in [1.54, 1.807) is 6.08 Å². The second-order valence-electron chi connectivity index (χ2n) is 21.6. The summed E-state index contributed by atoms with van der Waals surface area (Å²) in [5, 5.41) is 180. The Morgan fingerprint density at radius 3 is 1.53 bits per heavy atom. The van der Waals surface area contributed by atoms with Gasteiger partial charge in [0.25, 0.3) is 0 Å². The Balaban J connectivity index is 0.985. The highest BCUT2D eigenvalue weighted by Crippen LogP contribution is 2.45. The van der Waals surface area contributed by atoms with Gasteiger partial charge in [0.2, 0.25) is 0 Å². The van der Waals surface area contributed by atoms with Crippen molar-refractivity contribution in [2.45, 2.75) is 236 Å². The number of allylic oxidation sites excluding steroid dienone is 1. The van der Waals surface area contributed by atoms with E-state index in [4.69, 9.17) is 47.4 Å². The van der Waals surface area contributed by atoms with Crippen LogP contribution in [0.15, 0.2) is 12.2 Å². The molecule has 28 heteroatoms. The minimum absolute atomic E-state index is 0.0171. The van der Waals surface area contributed by atoms with Gasteiger partial charge in [-0.1, -0.05) is 6.08 Å². The van der Waals surface area contributed by atoms with Crippen molar-refractivity contribution >= 4 is 5.97 Å². The summed E-state index contributed by atoms with van der Waals surface area (Å²) in [5.74, 6) is -2.23. The maximum Gasteiger partial charge on any atom is 0.330 e. The van der Waals surface area contributed by atoms with E-state index >= 15 is 0 Å². The van der Waals surface area contributed by atoms with Crippen molar-refractivity contribution in [2.24, 2.45) is 17.8 Å². The lowest BCUT2D eigenvalue weighted by Gasteiger charge is -2.53. The molecule has 5 heterocycles. The lowest BCUT2D eigenvalue weighted by molar-refractivity contribution is -0.380. The highest BCUT2D eigenvalue weighted by Gasteiger charge is 2.56. The van der Waals surface area contributed by atoms with Crippen LogP contribution < -0.4 is 0 Å². The molecule has 17 N–H and O–H groups in total. The molecule has 28 nitrogen and oxygen atoms in total. The predicted octanol–water partition coefficient (Wildman–Crippen LogP) is -7.89. The van der Waals surface area contributed by atoms with Gasteiger partial charge in [0, 0.05) is 18.4 Å². The first-order chi connectivity index (χ1) is 36.2. The number of fused-ring (bicyclic) bond motifs is 1. The van der Waals surface area contributed by atoms with Crippen LogP contribution in [0.25, 0.3) is 0 Å². The zero-order valence-corrected chi connectivity index (χ0v) is 41.5. The van der Waals surface area contributed by atoms with E-state index in [2.05, 4.69) is 0 Å². The molecule has 5 saturated heterocycles. The van der Waals surface area contributed by atoms with Crippen LogP contribution in [-0.2, 0) is 52.2 Å². The fourth-order valence-electron chi connectivity index (χ4n) is 11.9. The SMILES string of the molecule is O=C(C=CC1CCC(O[C@@H]2O[C@H](CO)[C@@H](O)[C@H](O)[C@H]2O)CC1)OC[C@H]1O[C@@H](OC2CC3C(CC(O)CC3O[C@@H]3O[C@H](CO)[C@@H](O)[C@H](O)[C@H]3O)OC2C2CCC(O)C(O)C2)[C@H](O[C@@H]2O[C@H](CO)[C@@H](O)[C@H](O)[C@H]2O)[C@@H](O)[C@@H]1O. The predicted molar refractivity (Wildman–Crippen MR) is 245 cm³/mol. The van der Waals surface area contributed by atoms with E-state index in [1.807, 2.05) is 0 Å². The number of ether oxygens (including phenoxy) is 10. The molecule has 29 atom stereocenters. The number of aliphatic hydroxyl groups excluding tert-OH is 17. The third-order valence-electron chi connectivity index (χ3n) is 16.5. The van der Waals surface area contributed by atoms with Gasteiger partial charge >= 0.3 is 5.97 Å². The molecule has 0 aromatic heterocycles. The molecular formula is C48H78O28. The van der Waals surface area contributed by atoms with E-state index in [1.165, 1.54) is 6.08 Å². The molecule has 8 rings (SSSR count). The molecule has 76 heavy (non-hydrogen) atoms. The average Bonchev–Trinajstić information content (AvgIpc) is 3.42. The number of carbonyl (C=O) groups excluding carboxylic acids is 1. The van der Waals surface area contributed by atoms with Crippen molar-refractivity contribution in [2.75, 3.05) is 26.4 Å². The molecule has 0 spiro atoms. The average molecular weight is 1100 g/mol. The van der Waals surface area contributed by atoms with Gasteiger partial charge in [-0.2, -0.15) is 0 Å². The molecule has 8 aliphatic rings. The molecule has 0 aromatic carbocycles. The zero-order chi connectivity index (χ0) is 54.9. The van der Waals surface area contributed by atoms with Gasteiger partial charge in [0.1, 0.15) is 104 Å². The van der Waals surface area contributed by atoms with Crippen molar-refractivity contribution in [1.82, 2.24) is 0 Å². The summed E-state index contributed by atoms with van der Waals surface area (Å²) in [6, 6.07) is 0. The number of carbonyl (C=O) groups is 1. The maximum absolute atomic E-state index is 13.2. The normalized spacial score (nSPS) is 51.5. The number of hydrogen-bond acceptors (Lipinski definition) is 28. The van der Waals surface area contributed by atoms with Crippen LogP contribution in [0, 0.1) is 17.8 Å². The number of aliphatic hydroxyl groups is 17. The molecule has 9 unspecified atom stereocenters. The lowest BCUT2D eigenvalue weighted by atomic mass is 9.72. The lowest BCUT2D eigenvalue weighted by Crippen LogP contribution is -2.66. The smallest absolute Gasteiger partial charge is 0.330 e. The van der Waals surface area contributed by atoms with E-state index in [-0.39, 0.29) is 38.0 Å². The summed E-state index contributed by atoms with van der Waals surface area (Å²) in [6.07, 6.45) is -35.7. The fourth-order valence-corrected chi connectivity index (χ4v) is 11.9. The summed E-state index contributed by atoms with van der Waals surface area (Å²) in [7, 11) is 0. The molecule has 0 amide bonds. The van der Waals surface area contributed by atoms with Crippen molar-refractivity contribution < 1.29 is 139 Å². The van der Waals surface area contributed by atoms with Gasteiger partial charge < -0.3 is 134 Å². The van der Waals surface area contributed by atoms with Crippen LogP contribution >= 0.6 is 0 Å². The molecular weight excluding hydrogens is 1020 g/mol. The highest BCUT2D eigenvalue weighted by atomic mass is 16.8. The highest BCUT2D eigenvalue weighted by molar-refractivity contribution is 5.81. The maximum atomic E-state index is 13.2. The van der Waals surface area contributed by atoms with Crippen molar-refractivity contribution in [3.8, 4) is 0 Å². The quantitative estimate of drug-likeness (QED) is 0.0504. The summed E-state index contributed by atoms with van der Waals surface area (Å²) in [4.78, 5) is 13.2. The molecule has 3 saturated carbocycles. The van der Waals surface area contributed by atoms with Crippen LogP contribution in [0.2, 0.25) is 0 Å². The number of esters is 1. The van der Waals surface area contributed by atoms with Crippen molar-refractivity contribution in [1.29, 1.82) is 0 Å². The minimum Gasteiger partial charge on any atom is -0.460 e. The third-order valence-corrected chi connectivity index (χ3v) is 16.5. The monoisotopic (exact) mass is 1100 g/mol. The molecule has 0 bridgehead atoms. The molecule has 0 aromatic rings. The van der Waals surface area contributed by atoms with E-state index in [0.717, 1.165) is 0 Å². The Morgan fingerprint density at radius 1 is 0.461 bits per heavy atom. The molecule has 8 fully saturated rings. The van der Waals surface area contributed by atoms with Gasteiger partial charge in [0.05, 0.1) is 68.7 Å².